The summed E-state index contributed by atoms with van der Waals surface area (Å²) in [6, 6.07) is 0. The van der Waals surface area contributed by atoms with E-state index in [0.29, 0.717) is 6.54 Å². The zero-order chi connectivity index (χ0) is 14.7. The summed E-state index contributed by atoms with van der Waals surface area (Å²) in [5.41, 5.74) is 5.13. The quantitative estimate of drug-likeness (QED) is 0.752. The van der Waals surface area contributed by atoms with E-state index in [9.17, 15) is 4.79 Å². The van der Waals surface area contributed by atoms with Gasteiger partial charge in [0.25, 0.3) is 0 Å². The van der Waals surface area contributed by atoms with Crippen LogP contribution in [0.4, 0.5) is 0 Å². The molecule has 0 spiro atoms. The van der Waals surface area contributed by atoms with E-state index < -0.39 is 5.54 Å². The highest BCUT2D eigenvalue weighted by molar-refractivity contribution is 5.84. The van der Waals surface area contributed by atoms with Gasteiger partial charge in [-0.25, -0.2) is 0 Å². The molecule has 112 valence electrons. The fourth-order valence-corrected chi connectivity index (χ4v) is 2.64. The topological polar surface area (TPSA) is 61.6 Å². The first-order valence-corrected chi connectivity index (χ1v) is 7.21. The first-order valence-electron chi connectivity index (χ1n) is 7.21. The van der Waals surface area contributed by atoms with Gasteiger partial charge in [-0.1, -0.05) is 6.92 Å². The lowest BCUT2D eigenvalue weighted by molar-refractivity contribution is -0.124. The maximum atomic E-state index is 11.6. The van der Waals surface area contributed by atoms with Crippen LogP contribution < -0.4 is 11.1 Å². The largest absolute Gasteiger partial charge is 0.368 e. The maximum Gasteiger partial charge on any atom is 0.238 e. The number of primary amides is 1. The van der Waals surface area contributed by atoms with Crippen LogP contribution in [0.1, 0.15) is 34.6 Å². The number of carbonyl (C=O) groups is 1. The summed E-state index contributed by atoms with van der Waals surface area (Å²) in [6.07, 6.45) is 0. The summed E-state index contributed by atoms with van der Waals surface area (Å²) in [5.74, 6) is -0.271. The monoisotopic (exact) mass is 270 g/mol. The third-order valence-corrected chi connectivity index (χ3v) is 3.97. The number of amides is 1. The summed E-state index contributed by atoms with van der Waals surface area (Å²) < 4.78 is 0. The van der Waals surface area contributed by atoms with Crippen molar-refractivity contribution in [3.05, 3.63) is 0 Å². The Hall–Kier alpha value is -0.650. The predicted molar refractivity (Wildman–Crippen MR) is 79.0 cm³/mol. The van der Waals surface area contributed by atoms with Crippen molar-refractivity contribution in [1.82, 2.24) is 15.1 Å². The number of hydrogen-bond donors (Lipinski definition) is 2. The lowest BCUT2D eigenvalue weighted by Gasteiger charge is -2.44. The molecule has 0 aromatic carbocycles. The fraction of sp³-hybridized carbons (Fsp3) is 0.929. The van der Waals surface area contributed by atoms with Crippen molar-refractivity contribution in [3.8, 4) is 0 Å². The molecule has 0 bridgehead atoms. The number of carbonyl (C=O) groups excluding carboxylic acids is 1. The van der Waals surface area contributed by atoms with E-state index in [1.165, 1.54) is 0 Å². The van der Waals surface area contributed by atoms with Crippen LogP contribution in [0.3, 0.4) is 0 Å². The molecule has 0 aliphatic carbocycles. The second kappa shape index (κ2) is 6.20. The third-order valence-electron chi connectivity index (χ3n) is 3.97. The number of nitrogens with two attached hydrogens (primary N) is 1. The Morgan fingerprint density at radius 1 is 1.16 bits per heavy atom. The van der Waals surface area contributed by atoms with Crippen molar-refractivity contribution in [2.24, 2.45) is 5.73 Å². The number of nitrogens with zero attached hydrogens (tertiary/aromatic N) is 2. The van der Waals surface area contributed by atoms with Crippen LogP contribution in [0.5, 0.6) is 0 Å². The van der Waals surface area contributed by atoms with Crippen molar-refractivity contribution in [3.63, 3.8) is 0 Å². The number of likely N-dealkylation sites (N-methyl/N-ethyl adjacent to an activating group) is 1. The minimum Gasteiger partial charge on any atom is -0.368 e. The van der Waals surface area contributed by atoms with Gasteiger partial charge in [-0.3, -0.25) is 14.6 Å². The van der Waals surface area contributed by atoms with Crippen molar-refractivity contribution >= 4 is 5.91 Å². The van der Waals surface area contributed by atoms with Crippen LogP contribution >= 0.6 is 0 Å². The third kappa shape index (κ3) is 4.44. The second-order valence-corrected chi connectivity index (χ2v) is 6.66. The van der Waals surface area contributed by atoms with Gasteiger partial charge in [0.15, 0.2) is 0 Å². The molecule has 5 heteroatoms. The molecule has 1 unspecified atom stereocenters. The molecule has 1 amide bonds. The highest BCUT2D eigenvalue weighted by Crippen LogP contribution is 2.17. The molecule has 0 aromatic heterocycles. The minimum atomic E-state index is -0.626. The van der Waals surface area contributed by atoms with Gasteiger partial charge < -0.3 is 11.1 Å². The normalized spacial score (nSPS) is 22.2. The summed E-state index contributed by atoms with van der Waals surface area (Å²) in [4.78, 5) is 16.4. The molecule has 1 aliphatic heterocycles. The van der Waals surface area contributed by atoms with Gasteiger partial charge in [-0.15, -0.1) is 0 Å². The van der Waals surface area contributed by atoms with Gasteiger partial charge >= 0.3 is 0 Å². The van der Waals surface area contributed by atoms with Crippen molar-refractivity contribution in [2.45, 2.75) is 45.7 Å². The van der Waals surface area contributed by atoms with Crippen molar-refractivity contribution in [2.75, 3.05) is 39.3 Å². The molecule has 3 N–H and O–H groups in total. The fourth-order valence-electron chi connectivity index (χ4n) is 2.64. The molecular formula is C14H30N4O. The number of rotatable bonds is 5. The Bertz CT molecular complexity index is 305. The molecule has 1 rings (SSSR count). The van der Waals surface area contributed by atoms with Crippen LogP contribution in [0, 0.1) is 0 Å². The van der Waals surface area contributed by atoms with Crippen molar-refractivity contribution in [1.29, 1.82) is 0 Å². The Kier molecular flexibility index (Phi) is 5.35. The summed E-state index contributed by atoms with van der Waals surface area (Å²) in [7, 11) is 0. The number of piperazine rings is 1. The smallest absolute Gasteiger partial charge is 0.238 e. The van der Waals surface area contributed by atoms with Gasteiger partial charge in [-0.2, -0.15) is 0 Å². The van der Waals surface area contributed by atoms with Crippen LogP contribution in [-0.2, 0) is 4.79 Å². The van der Waals surface area contributed by atoms with Gasteiger partial charge in [0, 0.05) is 38.3 Å². The SMILES string of the molecule is CCNC(C)(CN1CCN(C(C)(C)C)CC1)C(N)=O. The molecule has 1 heterocycles. The molecule has 1 saturated heterocycles. The van der Waals surface area contributed by atoms with E-state index in [-0.39, 0.29) is 11.4 Å². The molecule has 1 atom stereocenters. The molecule has 0 radical (unpaired) electrons. The predicted octanol–water partition coefficient (Wildman–Crippen LogP) is 0.256. The second-order valence-electron chi connectivity index (χ2n) is 6.66. The maximum absolute atomic E-state index is 11.6. The standard InChI is InChI=1S/C14H30N4O/c1-6-16-14(5,12(15)19)11-17-7-9-18(10-8-17)13(2,3)4/h16H,6-11H2,1-5H3,(H2,15,19). The highest BCUT2D eigenvalue weighted by Gasteiger charge is 2.34. The lowest BCUT2D eigenvalue weighted by atomic mass is 9.99. The van der Waals surface area contributed by atoms with E-state index >= 15 is 0 Å². The Labute approximate surface area is 117 Å². The van der Waals surface area contributed by atoms with Crippen LogP contribution in [-0.4, -0.2) is 66.1 Å². The Morgan fingerprint density at radius 2 is 1.68 bits per heavy atom. The van der Waals surface area contributed by atoms with E-state index in [4.69, 9.17) is 5.73 Å². The molecule has 1 aliphatic rings. The van der Waals surface area contributed by atoms with Gasteiger partial charge in [0.2, 0.25) is 5.91 Å². The molecule has 0 saturated carbocycles. The van der Waals surface area contributed by atoms with E-state index in [1.54, 1.807) is 0 Å². The van der Waals surface area contributed by atoms with Gasteiger partial charge in [0.1, 0.15) is 5.54 Å². The van der Waals surface area contributed by atoms with Gasteiger partial charge in [-0.05, 0) is 34.2 Å². The molecule has 19 heavy (non-hydrogen) atoms. The Morgan fingerprint density at radius 3 is 2.05 bits per heavy atom. The zero-order valence-corrected chi connectivity index (χ0v) is 13.1. The van der Waals surface area contributed by atoms with Crippen LogP contribution in [0.25, 0.3) is 0 Å². The van der Waals surface area contributed by atoms with Crippen LogP contribution in [0.2, 0.25) is 0 Å². The zero-order valence-electron chi connectivity index (χ0n) is 13.1. The minimum absolute atomic E-state index is 0.223. The number of nitrogens with one attached hydrogen (secondary N) is 1. The average molecular weight is 270 g/mol. The average Bonchev–Trinajstić information content (AvgIpc) is 2.28. The van der Waals surface area contributed by atoms with Gasteiger partial charge in [0.05, 0.1) is 0 Å². The van der Waals surface area contributed by atoms with Crippen molar-refractivity contribution < 1.29 is 4.79 Å². The molecule has 0 aromatic rings. The first-order chi connectivity index (χ1) is 8.69. The van der Waals surface area contributed by atoms with E-state index in [1.807, 2.05) is 13.8 Å². The number of hydrogen-bond acceptors (Lipinski definition) is 4. The summed E-state index contributed by atoms with van der Waals surface area (Å²) >= 11 is 0. The first kappa shape index (κ1) is 16.4. The summed E-state index contributed by atoms with van der Waals surface area (Å²) in [6.45, 7) is 16.1. The lowest BCUT2D eigenvalue weighted by Crippen LogP contribution is -2.62. The Balaban J connectivity index is 2.54. The molecular weight excluding hydrogens is 240 g/mol. The summed E-state index contributed by atoms with van der Waals surface area (Å²) in [5, 5.41) is 3.22. The highest BCUT2D eigenvalue weighted by atomic mass is 16.1. The van der Waals surface area contributed by atoms with Crippen LogP contribution in [0.15, 0.2) is 0 Å². The molecule has 5 nitrogen and oxygen atoms in total. The molecule has 1 fully saturated rings. The van der Waals surface area contributed by atoms with E-state index in [2.05, 4.69) is 35.9 Å². The van der Waals surface area contributed by atoms with E-state index in [0.717, 1.165) is 32.7 Å².